The molecule has 0 unspecified atom stereocenters. The predicted octanol–water partition coefficient (Wildman–Crippen LogP) is 0.869. The molecule has 72 valence electrons. The Morgan fingerprint density at radius 2 is 2.00 bits per heavy atom. The van der Waals surface area contributed by atoms with E-state index in [9.17, 15) is 4.79 Å². The second-order valence-corrected chi connectivity index (χ2v) is 3.34. The van der Waals surface area contributed by atoms with Gasteiger partial charge in [0.05, 0.1) is 6.61 Å². The summed E-state index contributed by atoms with van der Waals surface area (Å²) in [6.45, 7) is 7.93. The first-order valence-electron chi connectivity index (χ1n) is 4.02. The van der Waals surface area contributed by atoms with E-state index in [1.54, 1.807) is 0 Å². The third-order valence-corrected chi connectivity index (χ3v) is 0.883. The molecule has 0 aliphatic heterocycles. The van der Waals surface area contributed by atoms with E-state index in [1.807, 2.05) is 27.7 Å². The molecule has 0 heterocycles. The lowest BCUT2D eigenvalue weighted by atomic mass is 10.2. The molecule has 0 amide bonds. The SMILES string of the molecule is CCONCC(=O)OC(C)(C)C. The van der Waals surface area contributed by atoms with Gasteiger partial charge in [-0.3, -0.25) is 4.79 Å². The van der Waals surface area contributed by atoms with Gasteiger partial charge in [0.2, 0.25) is 0 Å². The first-order chi connectivity index (χ1) is 5.45. The van der Waals surface area contributed by atoms with Gasteiger partial charge in [-0.05, 0) is 27.7 Å². The number of carbonyl (C=O) groups is 1. The molecule has 0 atom stereocenters. The zero-order valence-electron chi connectivity index (χ0n) is 8.14. The number of rotatable bonds is 4. The Balaban J connectivity index is 3.47. The van der Waals surface area contributed by atoms with Crippen molar-refractivity contribution in [1.82, 2.24) is 5.48 Å². The summed E-state index contributed by atoms with van der Waals surface area (Å²) in [5.41, 5.74) is 2.06. The second-order valence-electron chi connectivity index (χ2n) is 3.34. The third-order valence-electron chi connectivity index (χ3n) is 0.883. The molecule has 4 heteroatoms. The van der Waals surface area contributed by atoms with Crippen LogP contribution in [0.1, 0.15) is 27.7 Å². The standard InChI is InChI=1S/C8H17NO3/c1-5-11-9-6-7(10)12-8(2,3)4/h9H,5-6H2,1-4H3. The van der Waals surface area contributed by atoms with E-state index in [0.29, 0.717) is 6.61 Å². The molecule has 0 saturated carbocycles. The number of nitrogens with one attached hydrogen (secondary N) is 1. The monoisotopic (exact) mass is 175 g/mol. The molecule has 0 spiro atoms. The van der Waals surface area contributed by atoms with Crippen LogP contribution >= 0.6 is 0 Å². The van der Waals surface area contributed by atoms with Gasteiger partial charge < -0.3 is 9.57 Å². The molecule has 0 bridgehead atoms. The molecule has 0 radical (unpaired) electrons. The molecule has 0 aromatic rings. The molecule has 0 aromatic carbocycles. The number of hydrogen-bond acceptors (Lipinski definition) is 4. The van der Waals surface area contributed by atoms with Crippen molar-refractivity contribution in [2.24, 2.45) is 0 Å². The number of ether oxygens (including phenoxy) is 1. The van der Waals surface area contributed by atoms with Crippen molar-refractivity contribution in [2.75, 3.05) is 13.2 Å². The predicted molar refractivity (Wildman–Crippen MR) is 45.5 cm³/mol. The van der Waals surface area contributed by atoms with Crippen LogP contribution in [0.5, 0.6) is 0 Å². The normalized spacial score (nSPS) is 11.3. The van der Waals surface area contributed by atoms with E-state index in [0.717, 1.165) is 0 Å². The van der Waals surface area contributed by atoms with E-state index < -0.39 is 5.60 Å². The number of esters is 1. The molecule has 0 aliphatic carbocycles. The van der Waals surface area contributed by atoms with E-state index >= 15 is 0 Å². The minimum Gasteiger partial charge on any atom is -0.459 e. The fourth-order valence-corrected chi connectivity index (χ4v) is 0.590. The number of hydroxylamine groups is 1. The van der Waals surface area contributed by atoms with Gasteiger partial charge in [0.25, 0.3) is 0 Å². The maximum Gasteiger partial charge on any atom is 0.322 e. The van der Waals surface area contributed by atoms with Gasteiger partial charge in [0.15, 0.2) is 0 Å². The van der Waals surface area contributed by atoms with Crippen LogP contribution in [0, 0.1) is 0 Å². The van der Waals surface area contributed by atoms with Crippen molar-refractivity contribution in [3.8, 4) is 0 Å². The Morgan fingerprint density at radius 3 is 2.42 bits per heavy atom. The van der Waals surface area contributed by atoms with Crippen LogP contribution in [-0.4, -0.2) is 24.7 Å². The van der Waals surface area contributed by atoms with Crippen molar-refractivity contribution in [1.29, 1.82) is 0 Å². The molecule has 12 heavy (non-hydrogen) atoms. The maximum atomic E-state index is 11.0. The van der Waals surface area contributed by atoms with Crippen molar-refractivity contribution < 1.29 is 14.4 Å². The van der Waals surface area contributed by atoms with E-state index in [-0.39, 0.29) is 12.5 Å². The smallest absolute Gasteiger partial charge is 0.322 e. The van der Waals surface area contributed by atoms with Crippen LogP contribution in [0.15, 0.2) is 0 Å². The van der Waals surface area contributed by atoms with Crippen LogP contribution in [0.4, 0.5) is 0 Å². The summed E-state index contributed by atoms with van der Waals surface area (Å²) < 4.78 is 5.00. The second kappa shape index (κ2) is 5.11. The van der Waals surface area contributed by atoms with Crippen LogP contribution < -0.4 is 5.48 Å². The summed E-state index contributed by atoms with van der Waals surface area (Å²) in [4.78, 5) is 15.7. The van der Waals surface area contributed by atoms with Crippen LogP contribution in [0.3, 0.4) is 0 Å². The van der Waals surface area contributed by atoms with Gasteiger partial charge in [0, 0.05) is 0 Å². The van der Waals surface area contributed by atoms with Gasteiger partial charge in [-0.25, -0.2) is 0 Å². The van der Waals surface area contributed by atoms with Crippen molar-refractivity contribution in [3.05, 3.63) is 0 Å². The molecule has 0 fully saturated rings. The average molecular weight is 175 g/mol. The van der Waals surface area contributed by atoms with Crippen LogP contribution in [0.25, 0.3) is 0 Å². The summed E-state index contributed by atoms with van der Waals surface area (Å²) in [6, 6.07) is 0. The summed E-state index contributed by atoms with van der Waals surface area (Å²) in [7, 11) is 0. The highest BCUT2D eigenvalue weighted by Crippen LogP contribution is 2.05. The third kappa shape index (κ3) is 7.50. The van der Waals surface area contributed by atoms with E-state index in [1.165, 1.54) is 0 Å². The first kappa shape index (κ1) is 11.4. The maximum absolute atomic E-state index is 11.0. The lowest BCUT2D eigenvalue weighted by Gasteiger charge is -2.19. The molecular formula is C8H17NO3. The minimum absolute atomic E-state index is 0.0884. The molecule has 0 aromatic heterocycles. The number of carbonyl (C=O) groups excluding carboxylic acids is 1. The Hall–Kier alpha value is -0.610. The lowest BCUT2D eigenvalue weighted by Crippen LogP contribution is -2.31. The van der Waals surface area contributed by atoms with Gasteiger partial charge in [-0.15, -0.1) is 0 Å². The highest BCUT2D eigenvalue weighted by atomic mass is 16.6. The highest BCUT2D eigenvalue weighted by Gasteiger charge is 2.15. The Kier molecular flexibility index (Phi) is 4.85. The highest BCUT2D eigenvalue weighted by molar-refractivity contribution is 5.71. The Bertz CT molecular complexity index is 140. The van der Waals surface area contributed by atoms with Gasteiger partial charge in [-0.1, -0.05) is 0 Å². The van der Waals surface area contributed by atoms with E-state index in [4.69, 9.17) is 9.57 Å². The molecule has 4 nitrogen and oxygen atoms in total. The Morgan fingerprint density at radius 1 is 1.42 bits per heavy atom. The summed E-state index contributed by atoms with van der Waals surface area (Å²) in [6.07, 6.45) is 0. The molecule has 0 rings (SSSR count). The lowest BCUT2D eigenvalue weighted by molar-refractivity contribution is -0.156. The molecule has 0 aliphatic rings. The Labute approximate surface area is 73.2 Å². The zero-order chi connectivity index (χ0) is 9.61. The quantitative estimate of drug-likeness (QED) is 0.391. The van der Waals surface area contributed by atoms with Crippen molar-refractivity contribution in [2.45, 2.75) is 33.3 Å². The largest absolute Gasteiger partial charge is 0.459 e. The number of hydrogen-bond donors (Lipinski definition) is 1. The molecule has 1 N–H and O–H groups in total. The topological polar surface area (TPSA) is 47.6 Å². The summed E-state index contributed by atoms with van der Waals surface area (Å²) >= 11 is 0. The fourth-order valence-electron chi connectivity index (χ4n) is 0.590. The molecular weight excluding hydrogens is 158 g/mol. The van der Waals surface area contributed by atoms with E-state index in [2.05, 4.69) is 5.48 Å². The van der Waals surface area contributed by atoms with Crippen LogP contribution in [0.2, 0.25) is 0 Å². The average Bonchev–Trinajstić information content (AvgIpc) is 1.84. The summed E-state index contributed by atoms with van der Waals surface area (Å²) in [5.74, 6) is -0.309. The zero-order valence-corrected chi connectivity index (χ0v) is 8.14. The first-order valence-corrected chi connectivity index (χ1v) is 4.02. The van der Waals surface area contributed by atoms with Gasteiger partial charge in [-0.2, -0.15) is 5.48 Å². The molecule has 0 saturated heterocycles. The summed E-state index contributed by atoms with van der Waals surface area (Å²) in [5, 5.41) is 0. The van der Waals surface area contributed by atoms with Crippen molar-refractivity contribution >= 4 is 5.97 Å². The minimum atomic E-state index is -0.426. The van der Waals surface area contributed by atoms with Gasteiger partial charge >= 0.3 is 5.97 Å². The van der Waals surface area contributed by atoms with Crippen LogP contribution in [-0.2, 0) is 14.4 Å². The van der Waals surface area contributed by atoms with Gasteiger partial charge in [0.1, 0.15) is 12.1 Å². The fraction of sp³-hybridized carbons (Fsp3) is 0.875. The van der Waals surface area contributed by atoms with Crippen molar-refractivity contribution in [3.63, 3.8) is 0 Å².